The Labute approximate surface area is 259 Å². The molecular weight excluding hydrogens is 587 g/mol. The van der Waals surface area contributed by atoms with Gasteiger partial charge < -0.3 is 4.55 Å². The predicted molar refractivity (Wildman–Crippen MR) is 174 cm³/mol. The van der Waals surface area contributed by atoms with Crippen LogP contribution in [0.5, 0.6) is 0 Å². The molecule has 0 radical (unpaired) electrons. The first-order chi connectivity index (χ1) is 21.0. The Kier molecular flexibility index (Phi) is 12.6. The van der Waals surface area contributed by atoms with Crippen molar-refractivity contribution in [3.05, 3.63) is 84.9 Å². The molecule has 4 aromatic rings. The average Bonchev–Trinajstić information content (AvgIpc) is 2.99. The number of nitrogens with zero attached hydrogens (tertiary/aromatic N) is 3. The Morgan fingerprint density at radius 2 is 1.07 bits per heavy atom. The van der Waals surface area contributed by atoms with Crippen LogP contribution in [0.25, 0.3) is 21.5 Å². The van der Waals surface area contributed by atoms with E-state index >= 15 is 0 Å². The summed E-state index contributed by atoms with van der Waals surface area (Å²) in [5, 5.41) is 5.11. The SMILES string of the molecule is CCCN(CCC)C(N(c1cccc2ccccc12)c1cccc2ccccc12)=[N+](CCC)CCC.O=S(=O)([O-])C(F)(F)F. The number of alkyl halides is 3. The number of fused-ring (bicyclic) bond motifs is 2. The minimum atomic E-state index is -6.09. The maximum atomic E-state index is 10.7. The van der Waals surface area contributed by atoms with Crippen molar-refractivity contribution in [2.75, 3.05) is 31.1 Å². The van der Waals surface area contributed by atoms with Crippen molar-refractivity contribution >= 4 is 49.0 Å². The molecular formula is C34H42F3N3O3S. The van der Waals surface area contributed by atoms with E-state index in [2.05, 4.69) is 127 Å². The summed E-state index contributed by atoms with van der Waals surface area (Å²) in [5.41, 5.74) is -3.16. The fourth-order valence-corrected chi connectivity index (χ4v) is 5.34. The summed E-state index contributed by atoms with van der Waals surface area (Å²) in [6, 6.07) is 31.1. The Morgan fingerprint density at radius 1 is 0.682 bits per heavy atom. The summed E-state index contributed by atoms with van der Waals surface area (Å²) in [4.78, 5) is 5.20. The van der Waals surface area contributed by atoms with E-state index in [1.807, 2.05) is 0 Å². The van der Waals surface area contributed by atoms with Crippen LogP contribution in [-0.4, -0.2) is 60.1 Å². The van der Waals surface area contributed by atoms with Crippen LogP contribution in [0.4, 0.5) is 24.5 Å². The molecule has 0 aliphatic carbocycles. The first-order valence-corrected chi connectivity index (χ1v) is 16.5. The van der Waals surface area contributed by atoms with Crippen LogP contribution in [0.1, 0.15) is 53.4 Å². The van der Waals surface area contributed by atoms with E-state index in [-0.39, 0.29) is 0 Å². The van der Waals surface area contributed by atoms with Gasteiger partial charge in [-0.2, -0.15) is 18.1 Å². The molecule has 0 aromatic heterocycles. The van der Waals surface area contributed by atoms with Crippen LogP contribution in [-0.2, 0) is 10.1 Å². The molecule has 0 N–H and O–H groups in total. The lowest BCUT2D eigenvalue weighted by atomic mass is 10.0. The van der Waals surface area contributed by atoms with Crippen LogP contribution >= 0.6 is 0 Å². The molecule has 44 heavy (non-hydrogen) atoms. The van der Waals surface area contributed by atoms with Crippen molar-refractivity contribution in [3.63, 3.8) is 0 Å². The van der Waals surface area contributed by atoms with Gasteiger partial charge in [0, 0.05) is 10.8 Å². The molecule has 0 heterocycles. The van der Waals surface area contributed by atoms with Gasteiger partial charge >= 0.3 is 11.5 Å². The smallest absolute Gasteiger partial charge is 0.485 e. The molecule has 0 atom stereocenters. The van der Waals surface area contributed by atoms with Gasteiger partial charge in [-0.15, -0.1) is 0 Å². The van der Waals surface area contributed by atoms with Crippen molar-refractivity contribution in [1.29, 1.82) is 0 Å². The molecule has 0 spiro atoms. The summed E-state index contributed by atoms with van der Waals surface area (Å²) in [6.07, 6.45) is 4.48. The minimum absolute atomic E-state index is 1.04. The van der Waals surface area contributed by atoms with Crippen LogP contribution in [0, 0.1) is 0 Å². The van der Waals surface area contributed by atoms with Gasteiger partial charge in [0.05, 0.1) is 26.2 Å². The molecule has 0 bridgehead atoms. The number of hydrogen-bond donors (Lipinski definition) is 0. The monoisotopic (exact) mass is 629 g/mol. The van der Waals surface area contributed by atoms with Crippen LogP contribution in [0.3, 0.4) is 0 Å². The number of anilines is 2. The van der Waals surface area contributed by atoms with E-state index in [1.54, 1.807) is 0 Å². The zero-order valence-corrected chi connectivity index (χ0v) is 26.7. The Hall–Kier alpha value is -3.63. The lowest BCUT2D eigenvalue weighted by Crippen LogP contribution is -2.49. The molecule has 10 heteroatoms. The molecule has 0 saturated carbocycles. The maximum Gasteiger partial charge on any atom is 0.485 e. The number of guanidine groups is 1. The molecule has 0 fully saturated rings. The van der Waals surface area contributed by atoms with Gasteiger partial charge in [0.1, 0.15) is 11.4 Å². The lowest BCUT2D eigenvalue weighted by Gasteiger charge is -2.31. The van der Waals surface area contributed by atoms with E-state index in [4.69, 9.17) is 13.0 Å². The highest BCUT2D eigenvalue weighted by Gasteiger charge is 2.37. The normalized spacial score (nSPS) is 11.6. The van der Waals surface area contributed by atoms with Crippen molar-refractivity contribution in [3.8, 4) is 0 Å². The third-order valence-electron chi connectivity index (χ3n) is 7.04. The second-order valence-corrected chi connectivity index (χ2v) is 11.9. The highest BCUT2D eigenvalue weighted by Crippen LogP contribution is 2.37. The van der Waals surface area contributed by atoms with E-state index in [0.717, 1.165) is 51.9 Å². The second kappa shape index (κ2) is 15.9. The number of hydrogen-bond acceptors (Lipinski definition) is 3. The summed E-state index contributed by atoms with van der Waals surface area (Å²) in [5.74, 6) is 1.31. The first kappa shape index (κ1) is 34.9. The Bertz CT molecular complexity index is 1550. The quantitative estimate of drug-likeness (QED) is 0.0579. The molecule has 0 amide bonds. The van der Waals surface area contributed by atoms with Crippen LogP contribution < -0.4 is 4.90 Å². The molecule has 0 aliphatic rings. The minimum Gasteiger partial charge on any atom is -0.741 e. The molecule has 6 nitrogen and oxygen atoms in total. The topological polar surface area (TPSA) is 66.7 Å². The predicted octanol–water partition coefficient (Wildman–Crippen LogP) is 8.49. The van der Waals surface area contributed by atoms with E-state index in [0.29, 0.717) is 0 Å². The third kappa shape index (κ3) is 8.51. The number of rotatable bonds is 10. The molecule has 238 valence electrons. The van der Waals surface area contributed by atoms with Gasteiger partial charge in [0.2, 0.25) is 0 Å². The second-order valence-electron chi connectivity index (χ2n) is 10.5. The maximum absolute atomic E-state index is 10.7. The molecule has 4 rings (SSSR count). The van der Waals surface area contributed by atoms with Crippen molar-refractivity contribution < 1.29 is 30.7 Å². The fraction of sp³-hybridized carbons (Fsp3) is 0.382. The first-order valence-electron chi connectivity index (χ1n) is 15.1. The lowest BCUT2D eigenvalue weighted by molar-refractivity contribution is -0.533. The van der Waals surface area contributed by atoms with Crippen molar-refractivity contribution in [1.82, 2.24) is 4.90 Å². The van der Waals surface area contributed by atoms with E-state index in [9.17, 15) is 13.2 Å². The van der Waals surface area contributed by atoms with Gasteiger partial charge in [-0.3, -0.25) is 9.48 Å². The summed E-state index contributed by atoms with van der Waals surface area (Å²) < 4.78 is 61.5. The molecule has 4 aromatic carbocycles. The van der Waals surface area contributed by atoms with Crippen LogP contribution in [0.15, 0.2) is 84.9 Å². The van der Waals surface area contributed by atoms with Gasteiger partial charge in [0.25, 0.3) is 0 Å². The molecule has 0 saturated heterocycles. The summed E-state index contributed by atoms with van der Waals surface area (Å²) in [7, 11) is -6.09. The third-order valence-corrected chi connectivity index (χ3v) is 7.61. The highest BCUT2D eigenvalue weighted by molar-refractivity contribution is 7.86. The van der Waals surface area contributed by atoms with Gasteiger partial charge in [-0.25, -0.2) is 8.42 Å². The molecule has 0 unspecified atom stereocenters. The Balaban J connectivity index is 0.000000583. The summed E-state index contributed by atoms with van der Waals surface area (Å²) >= 11 is 0. The number of halogens is 3. The number of benzene rings is 4. The van der Waals surface area contributed by atoms with Gasteiger partial charge in [0.15, 0.2) is 10.1 Å². The standard InChI is InChI=1S/C33H42N3.CHF3O3S/c1-5-23-34(24-6-2)33(35(25-7-3)26-8-4)36(31-21-13-17-27-15-9-11-19-29(27)31)32-22-14-18-28-16-10-12-20-30(28)32;2-1(3,4)8(5,6)7/h9-22H,5-8,23-26H2,1-4H3;(H,5,6,7)/q+1;/p-1. The molecule has 0 aliphatic heterocycles. The Morgan fingerprint density at radius 3 is 1.43 bits per heavy atom. The van der Waals surface area contributed by atoms with E-state index in [1.165, 1.54) is 38.9 Å². The highest BCUT2D eigenvalue weighted by atomic mass is 32.2. The van der Waals surface area contributed by atoms with E-state index < -0.39 is 15.6 Å². The largest absolute Gasteiger partial charge is 0.741 e. The zero-order valence-electron chi connectivity index (χ0n) is 25.8. The van der Waals surface area contributed by atoms with Crippen molar-refractivity contribution in [2.45, 2.75) is 58.9 Å². The zero-order chi connectivity index (χ0) is 32.3. The van der Waals surface area contributed by atoms with Crippen molar-refractivity contribution in [2.24, 2.45) is 0 Å². The van der Waals surface area contributed by atoms with Crippen LogP contribution in [0.2, 0.25) is 0 Å². The average molecular weight is 630 g/mol. The fourth-order valence-electron chi connectivity index (χ4n) is 5.34. The summed E-state index contributed by atoms with van der Waals surface area (Å²) in [6.45, 7) is 13.3. The van der Waals surface area contributed by atoms with Gasteiger partial charge in [-0.05, 0) is 48.6 Å². The van der Waals surface area contributed by atoms with Gasteiger partial charge in [-0.1, -0.05) is 100 Å².